The Balaban J connectivity index is 1.53. The highest BCUT2D eigenvalue weighted by molar-refractivity contribution is 6.04. The Morgan fingerprint density at radius 1 is 1.32 bits per heavy atom. The van der Waals surface area contributed by atoms with E-state index in [2.05, 4.69) is 32.3 Å². The number of para-hydroxylation sites is 1. The fourth-order valence-electron chi connectivity index (χ4n) is 3.07. The van der Waals surface area contributed by atoms with E-state index in [1.165, 1.54) is 0 Å². The maximum absolute atomic E-state index is 12.9. The molecule has 1 atom stereocenters. The number of morpholine rings is 1. The van der Waals surface area contributed by atoms with Crippen molar-refractivity contribution in [1.29, 1.82) is 0 Å². The number of fused-ring (bicyclic) bond motifs is 1. The molecule has 1 amide bonds. The van der Waals surface area contributed by atoms with Crippen molar-refractivity contribution in [3.8, 4) is 0 Å². The second kappa shape index (κ2) is 6.64. The number of aromatic amines is 2. The van der Waals surface area contributed by atoms with Gasteiger partial charge in [-0.2, -0.15) is 10.2 Å². The molecule has 4 rings (SSSR count). The molecule has 1 unspecified atom stereocenters. The zero-order valence-electron chi connectivity index (χ0n) is 14.0. The highest BCUT2D eigenvalue weighted by Gasteiger charge is 2.30. The minimum Gasteiger partial charge on any atom is -0.366 e. The first kappa shape index (κ1) is 15.8. The van der Waals surface area contributed by atoms with Crippen LogP contribution >= 0.6 is 0 Å². The van der Waals surface area contributed by atoms with E-state index in [9.17, 15) is 4.79 Å². The molecule has 8 heteroatoms. The van der Waals surface area contributed by atoms with Gasteiger partial charge in [0.25, 0.3) is 5.91 Å². The summed E-state index contributed by atoms with van der Waals surface area (Å²) in [6.45, 7) is 3.50. The number of aromatic nitrogens is 5. The first-order valence-electron chi connectivity index (χ1n) is 8.51. The third-order valence-electron chi connectivity index (χ3n) is 4.35. The van der Waals surface area contributed by atoms with E-state index in [-0.39, 0.29) is 12.0 Å². The Bertz CT molecular complexity index is 886. The molecule has 2 aromatic heterocycles. The molecule has 1 aromatic carbocycles. The van der Waals surface area contributed by atoms with Crippen LogP contribution in [0.3, 0.4) is 0 Å². The number of aryl methyl sites for hydroxylation is 1. The van der Waals surface area contributed by atoms with Crippen LogP contribution in [0.1, 0.15) is 41.6 Å². The standard InChI is InChI=1S/C17H20N6O2/c1-2-5-14-18-16(22-20-14)13-10-23(8-9-25-13)17(24)15-11-6-3-4-7-12(11)19-21-15/h3-4,6-7,13H,2,5,8-10H2,1H3,(H,19,21)(H,18,20,22). The third-order valence-corrected chi connectivity index (χ3v) is 4.35. The normalized spacial score (nSPS) is 18.0. The number of carbonyl (C=O) groups is 1. The van der Waals surface area contributed by atoms with Gasteiger partial charge in [0.2, 0.25) is 0 Å². The van der Waals surface area contributed by atoms with E-state index in [4.69, 9.17) is 4.74 Å². The molecule has 130 valence electrons. The minimum atomic E-state index is -0.315. The molecule has 3 heterocycles. The van der Waals surface area contributed by atoms with Crippen LogP contribution in [0.25, 0.3) is 10.9 Å². The zero-order valence-corrected chi connectivity index (χ0v) is 14.0. The highest BCUT2D eigenvalue weighted by atomic mass is 16.5. The summed E-state index contributed by atoms with van der Waals surface area (Å²) < 4.78 is 5.77. The molecular weight excluding hydrogens is 320 g/mol. The molecule has 1 fully saturated rings. The summed E-state index contributed by atoms with van der Waals surface area (Å²) in [5.74, 6) is 1.35. The molecule has 3 aromatic rings. The Morgan fingerprint density at radius 2 is 2.20 bits per heavy atom. The predicted molar refractivity (Wildman–Crippen MR) is 91.1 cm³/mol. The quantitative estimate of drug-likeness (QED) is 0.755. The van der Waals surface area contributed by atoms with Gasteiger partial charge in [0, 0.05) is 18.4 Å². The number of nitrogens with one attached hydrogen (secondary N) is 2. The zero-order chi connectivity index (χ0) is 17.2. The van der Waals surface area contributed by atoms with Crippen LogP contribution in [-0.4, -0.2) is 55.9 Å². The molecule has 1 aliphatic heterocycles. The molecule has 0 saturated carbocycles. The Morgan fingerprint density at radius 3 is 3.08 bits per heavy atom. The van der Waals surface area contributed by atoms with Gasteiger partial charge in [-0.1, -0.05) is 25.1 Å². The highest BCUT2D eigenvalue weighted by Crippen LogP contribution is 2.23. The lowest BCUT2D eigenvalue weighted by atomic mass is 10.1. The largest absolute Gasteiger partial charge is 0.366 e. The Kier molecular flexibility index (Phi) is 4.19. The summed E-state index contributed by atoms with van der Waals surface area (Å²) in [4.78, 5) is 19.1. The number of benzene rings is 1. The number of nitrogens with zero attached hydrogens (tertiary/aromatic N) is 4. The Labute approximate surface area is 144 Å². The summed E-state index contributed by atoms with van der Waals surface area (Å²) in [5.41, 5.74) is 1.30. The van der Waals surface area contributed by atoms with Crippen LogP contribution in [0.4, 0.5) is 0 Å². The van der Waals surface area contributed by atoms with E-state index < -0.39 is 0 Å². The van der Waals surface area contributed by atoms with Gasteiger partial charge in [0.15, 0.2) is 11.5 Å². The van der Waals surface area contributed by atoms with Crippen molar-refractivity contribution < 1.29 is 9.53 Å². The average molecular weight is 340 g/mol. The van der Waals surface area contributed by atoms with Crippen LogP contribution in [-0.2, 0) is 11.2 Å². The summed E-state index contributed by atoms with van der Waals surface area (Å²) >= 11 is 0. The van der Waals surface area contributed by atoms with Crippen LogP contribution in [0.15, 0.2) is 24.3 Å². The van der Waals surface area contributed by atoms with Crippen molar-refractivity contribution in [3.63, 3.8) is 0 Å². The molecule has 0 aliphatic carbocycles. The van der Waals surface area contributed by atoms with Gasteiger partial charge >= 0.3 is 0 Å². The van der Waals surface area contributed by atoms with E-state index in [0.717, 1.165) is 29.6 Å². The molecule has 0 spiro atoms. The molecule has 25 heavy (non-hydrogen) atoms. The third kappa shape index (κ3) is 3.00. The average Bonchev–Trinajstić information content (AvgIpc) is 3.29. The maximum atomic E-state index is 12.9. The lowest BCUT2D eigenvalue weighted by Gasteiger charge is -2.31. The SMILES string of the molecule is CCCc1nc(C2CN(C(=O)c3n[nH]c4ccccc34)CCO2)n[nH]1. The van der Waals surface area contributed by atoms with Crippen LogP contribution in [0.5, 0.6) is 0 Å². The first-order chi connectivity index (χ1) is 12.3. The van der Waals surface area contributed by atoms with Crippen LogP contribution in [0.2, 0.25) is 0 Å². The van der Waals surface area contributed by atoms with Crippen molar-refractivity contribution >= 4 is 16.8 Å². The lowest BCUT2D eigenvalue weighted by Crippen LogP contribution is -2.42. The number of ether oxygens (including phenoxy) is 1. The summed E-state index contributed by atoms with van der Waals surface area (Å²) in [5, 5.41) is 15.1. The fraction of sp³-hybridized carbons (Fsp3) is 0.412. The molecule has 0 bridgehead atoms. The number of hydrogen-bond donors (Lipinski definition) is 2. The van der Waals surface area contributed by atoms with Crippen molar-refractivity contribution in [2.45, 2.75) is 25.9 Å². The summed E-state index contributed by atoms with van der Waals surface area (Å²) in [6, 6.07) is 7.62. The number of hydrogen-bond acceptors (Lipinski definition) is 5. The number of rotatable bonds is 4. The van der Waals surface area contributed by atoms with Crippen LogP contribution < -0.4 is 0 Å². The fourth-order valence-corrected chi connectivity index (χ4v) is 3.07. The molecule has 1 aliphatic rings. The number of amides is 1. The van der Waals surface area contributed by atoms with Gasteiger partial charge in [-0.3, -0.25) is 15.0 Å². The smallest absolute Gasteiger partial charge is 0.275 e. The van der Waals surface area contributed by atoms with E-state index in [1.807, 2.05) is 24.3 Å². The second-order valence-corrected chi connectivity index (χ2v) is 6.12. The van der Waals surface area contributed by atoms with Crippen molar-refractivity contribution in [2.24, 2.45) is 0 Å². The van der Waals surface area contributed by atoms with E-state index >= 15 is 0 Å². The summed E-state index contributed by atoms with van der Waals surface area (Å²) in [7, 11) is 0. The molecule has 2 N–H and O–H groups in total. The van der Waals surface area contributed by atoms with E-state index in [1.54, 1.807) is 4.90 Å². The van der Waals surface area contributed by atoms with Gasteiger partial charge in [-0.05, 0) is 12.5 Å². The Hall–Kier alpha value is -2.74. The monoisotopic (exact) mass is 340 g/mol. The van der Waals surface area contributed by atoms with Gasteiger partial charge in [-0.15, -0.1) is 0 Å². The predicted octanol–water partition coefficient (Wildman–Crippen LogP) is 1.85. The van der Waals surface area contributed by atoms with Crippen molar-refractivity contribution in [3.05, 3.63) is 41.6 Å². The van der Waals surface area contributed by atoms with Crippen LogP contribution in [0, 0.1) is 0 Å². The number of H-pyrrole nitrogens is 2. The van der Waals surface area contributed by atoms with Gasteiger partial charge in [0.05, 0.1) is 18.7 Å². The van der Waals surface area contributed by atoms with Gasteiger partial charge < -0.3 is 9.64 Å². The van der Waals surface area contributed by atoms with Gasteiger partial charge in [0.1, 0.15) is 11.9 Å². The topological polar surface area (TPSA) is 99.8 Å². The molecule has 0 radical (unpaired) electrons. The van der Waals surface area contributed by atoms with Crippen molar-refractivity contribution in [2.75, 3.05) is 19.7 Å². The molecule has 1 saturated heterocycles. The van der Waals surface area contributed by atoms with Gasteiger partial charge in [-0.25, -0.2) is 4.98 Å². The van der Waals surface area contributed by atoms with Crippen molar-refractivity contribution in [1.82, 2.24) is 30.3 Å². The minimum absolute atomic E-state index is 0.102. The maximum Gasteiger partial charge on any atom is 0.275 e. The molecular formula is C17H20N6O2. The first-order valence-corrected chi connectivity index (χ1v) is 8.51. The molecule has 8 nitrogen and oxygen atoms in total. The lowest BCUT2D eigenvalue weighted by molar-refractivity contribution is -0.0268. The number of carbonyl (C=O) groups excluding carboxylic acids is 1. The second-order valence-electron chi connectivity index (χ2n) is 6.12. The van der Waals surface area contributed by atoms with E-state index in [0.29, 0.717) is 31.2 Å². The summed E-state index contributed by atoms with van der Waals surface area (Å²) in [6.07, 6.45) is 1.53.